The molecule has 4 nitrogen and oxygen atoms in total. The molecule has 3 rings (SSSR count). The van der Waals surface area contributed by atoms with Crippen LogP contribution in [0.4, 0.5) is 5.69 Å². The number of anilines is 1. The maximum Gasteiger partial charge on any atom is 0.244 e. The molecular formula is C16H19N3O. The van der Waals surface area contributed by atoms with Crippen molar-refractivity contribution < 1.29 is 4.79 Å². The summed E-state index contributed by atoms with van der Waals surface area (Å²) in [6.07, 6.45) is 3.70. The lowest BCUT2D eigenvalue weighted by Crippen LogP contribution is -2.47. The Labute approximate surface area is 118 Å². The van der Waals surface area contributed by atoms with E-state index in [1.807, 2.05) is 38.1 Å². The number of amides is 1. The van der Waals surface area contributed by atoms with Gasteiger partial charge in [-0.1, -0.05) is 6.07 Å². The Morgan fingerprint density at radius 3 is 3.00 bits per heavy atom. The lowest BCUT2D eigenvalue weighted by atomic mass is 9.99. The summed E-state index contributed by atoms with van der Waals surface area (Å²) < 4.78 is 0. The van der Waals surface area contributed by atoms with E-state index >= 15 is 0 Å². The first-order valence-corrected chi connectivity index (χ1v) is 7.01. The molecule has 1 fully saturated rings. The lowest BCUT2D eigenvalue weighted by Gasteiger charge is -2.23. The molecule has 0 radical (unpaired) electrons. The Kier molecular flexibility index (Phi) is 3.18. The zero-order chi connectivity index (χ0) is 14.2. The van der Waals surface area contributed by atoms with Gasteiger partial charge in [0.25, 0.3) is 0 Å². The average molecular weight is 269 g/mol. The molecule has 1 aliphatic heterocycles. The van der Waals surface area contributed by atoms with Crippen LogP contribution in [0.5, 0.6) is 0 Å². The van der Waals surface area contributed by atoms with Crippen LogP contribution in [0, 0.1) is 6.92 Å². The molecule has 20 heavy (non-hydrogen) atoms. The van der Waals surface area contributed by atoms with E-state index in [1.54, 1.807) is 6.20 Å². The highest BCUT2D eigenvalue weighted by Crippen LogP contribution is 2.27. The minimum atomic E-state index is -0.459. The molecule has 2 aromatic rings. The zero-order valence-corrected chi connectivity index (χ0v) is 11.9. The van der Waals surface area contributed by atoms with E-state index in [-0.39, 0.29) is 5.91 Å². The molecule has 4 heteroatoms. The highest BCUT2D eigenvalue weighted by Gasteiger charge is 2.35. The molecule has 0 aliphatic carbocycles. The molecule has 1 aromatic heterocycles. The maximum atomic E-state index is 12.5. The summed E-state index contributed by atoms with van der Waals surface area (Å²) in [4.78, 5) is 16.9. The van der Waals surface area contributed by atoms with Crippen LogP contribution in [0.2, 0.25) is 0 Å². The lowest BCUT2D eigenvalue weighted by molar-refractivity contribution is -0.121. The van der Waals surface area contributed by atoms with Gasteiger partial charge in [-0.3, -0.25) is 9.78 Å². The number of pyridine rings is 1. The predicted octanol–water partition coefficient (Wildman–Crippen LogP) is 2.62. The van der Waals surface area contributed by atoms with Crippen molar-refractivity contribution in [1.29, 1.82) is 0 Å². The maximum absolute atomic E-state index is 12.5. The Balaban J connectivity index is 1.95. The van der Waals surface area contributed by atoms with Crippen LogP contribution in [-0.4, -0.2) is 23.0 Å². The van der Waals surface area contributed by atoms with Crippen LogP contribution in [0.15, 0.2) is 30.5 Å². The minimum Gasteiger partial charge on any atom is -0.324 e. The van der Waals surface area contributed by atoms with Gasteiger partial charge < -0.3 is 10.6 Å². The van der Waals surface area contributed by atoms with Gasteiger partial charge in [0.15, 0.2) is 0 Å². The summed E-state index contributed by atoms with van der Waals surface area (Å²) in [5.74, 6) is 0.0315. The van der Waals surface area contributed by atoms with E-state index in [9.17, 15) is 4.79 Å². The van der Waals surface area contributed by atoms with Gasteiger partial charge in [0.05, 0.1) is 16.7 Å². The number of carbonyl (C=O) groups is 1. The fourth-order valence-corrected chi connectivity index (χ4v) is 2.77. The molecule has 1 aromatic carbocycles. The summed E-state index contributed by atoms with van der Waals surface area (Å²) >= 11 is 0. The van der Waals surface area contributed by atoms with E-state index in [2.05, 4.69) is 15.6 Å². The SMILES string of the molecule is Cc1ccc(NC(=O)C2(C)CCCN2)c2cccnc12. The fraction of sp³-hybridized carbons (Fsp3) is 0.375. The monoisotopic (exact) mass is 269 g/mol. The molecule has 1 saturated heterocycles. The number of nitrogens with zero attached hydrogens (tertiary/aromatic N) is 1. The number of benzene rings is 1. The quantitative estimate of drug-likeness (QED) is 0.881. The third kappa shape index (κ3) is 2.16. The van der Waals surface area contributed by atoms with Crippen molar-refractivity contribution in [1.82, 2.24) is 10.3 Å². The normalized spacial score (nSPS) is 22.1. The molecule has 1 aliphatic rings. The van der Waals surface area contributed by atoms with Crippen molar-refractivity contribution >= 4 is 22.5 Å². The first kappa shape index (κ1) is 13.1. The first-order chi connectivity index (χ1) is 9.60. The van der Waals surface area contributed by atoms with Gasteiger partial charge in [0.1, 0.15) is 0 Å². The van der Waals surface area contributed by atoms with Crippen molar-refractivity contribution in [2.24, 2.45) is 0 Å². The van der Waals surface area contributed by atoms with E-state index in [0.29, 0.717) is 0 Å². The molecular weight excluding hydrogens is 250 g/mol. The minimum absolute atomic E-state index is 0.0315. The van der Waals surface area contributed by atoms with Gasteiger partial charge in [-0.05, 0) is 57.0 Å². The number of nitrogens with one attached hydrogen (secondary N) is 2. The van der Waals surface area contributed by atoms with Gasteiger partial charge in [-0.2, -0.15) is 0 Å². The largest absolute Gasteiger partial charge is 0.324 e. The van der Waals surface area contributed by atoms with Crippen LogP contribution in [-0.2, 0) is 4.79 Å². The van der Waals surface area contributed by atoms with Crippen LogP contribution < -0.4 is 10.6 Å². The van der Waals surface area contributed by atoms with E-state index < -0.39 is 5.54 Å². The van der Waals surface area contributed by atoms with E-state index in [1.165, 1.54) is 0 Å². The summed E-state index contributed by atoms with van der Waals surface area (Å²) in [6.45, 7) is 4.89. The van der Waals surface area contributed by atoms with Crippen molar-refractivity contribution in [2.45, 2.75) is 32.2 Å². The second-order valence-corrected chi connectivity index (χ2v) is 5.65. The Morgan fingerprint density at radius 2 is 2.25 bits per heavy atom. The summed E-state index contributed by atoms with van der Waals surface area (Å²) in [5, 5.41) is 7.33. The van der Waals surface area contributed by atoms with E-state index in [4.69, 9.17) is 0 Å². The van der Waals surface area contributed by atoms with Crippen molar-refractivity contribution in [3.63, 3.8) is 0 Å². The van der Waals surface area contributed by atoms with Crippen LogP contribution in [0.25, 0.3) is 10.9 Å². The summed E-state index contributed by atoms with van der Waals surface area (Å²) in [5.41, 5.74) is 2.43. The van der Waals surface area contributed by atoms with Crippen molar-refractivity contribution in [3.8, 4) is 0 Å². The number of hydrogen-bond acceptors (Lipinski definition) is 3. The molecule has 1 unspecified atom stereocenters. The van der Waals surface area contributed by atoms with Crippen molar-refractivity contribution in [2.75, 3.05) is 11.9 Å². The third-order valence-electron chi connectivity index (χ3n) is 4.09. The number of fused-ring (bicyclic) bond motifs is 1. The molecule has 0 bridgehead atoms. The highest BCUT2D eigenvalue weighted by molar-refractivity contribution is 6.05. The zero-order valence-electron chi connectivity index (χ0n) is 11.9. The Bertz CT molecular complexity index is 660. The second kappa shape index (κ2) is 4.87. The molecule has 2 N–H and O–H groups in total. The molecule has 104 valence electrons. The topological polar surface area (TPSA) is 54.0 Å². The number of rotatable bonds is 2. The van der Waals surface area contributed by atoms with Crippen molar-refractivity contribution in [3.05, 3.63) is 36.0 Å². The molecule has 0 saturated carbocycles. The predicted molar refractivity (Wildman–Crippen MR) is 80.8 cm³/mol. The number of carbonyl (C=O) groups excluding carboxylic acids is 1. The van der Waals surface area contributed by atoms with Gasteiger partial charge in [0.2, 0.25) is 5.91 Å². The third-order valence-corrected chi connectivity index (χ3v) is 4.09. The standard InChI is InChI=1S/C16H19N3O/c1-11-6-7-13(12-5-3-9-17-14(11)12)19-15(20)16(2)8-4-10-18-16/h3,5-7,9,18H,4,8,10H2,1-2H3,(H,19,20). The van der Waals surface area contributed by atoms with Crippen LogP contribution in [0.3, 0.4) is 0 Å². The van der Waals surface area contributed by atoms with Gasteiger partial charge in [0, 0.05) is 11.6 Å². The van der Waals surface area contributed by atoms with E-state index in [0.717, 1.165) is 41.5 Å². The van der Waals surface area contributed by atoms with Gasteiger partial charge >= 0.3 is 0 Å². The second-order valence-electron chi connectivity index (χ2n) is 5.65. The molecule has 2 heterocycles. The summed E-state index contributed by atoms with van der Waals surface area (Å²) in [7, 11) is 0. The smallest absolute Gasteiger partial charge is 0.244 e. The first-order valence-electron chi connectivity index (χ1n) is 7.01. The van der Waals surface area contributed by atoms with Crippen LogP contribution >= 0.6 is 0 Å². The molecule has 1 amide bonds. The fourth-order valence-electron chi connectivity index (χ4n) is 2.77. The van der Waals surface area contributed by atoms with Gasteiger partial charge in [-0.15, -0.1) is 0 Å². The summed E-state index contributed by atoms with van der Waals surface area (Å²) in [6, 6.07) is 7.84. The van der Waals surface area contributed by atoms with Crippen LogP contribution in [0.1, 0.15) is 25.3 Å². The Hall–Kier alpha value is -1.94. The van der Waals surface area contributed by atoms with Gasteiger partial charge in [-0.25, -0.2) is 0 Å². The number of aryl methyl sites for hydroxylation is 1. The Morgan fingerprint density at radius 1 is 1.40 bits per heavy atom. The average Bonchev–Trinajstić information content (AvgIpc) is 2.90. The highest BCUT2D eigenvalue weighted by atomic mass is 16.2. The molecule has 1 atom stereocenters. The number of hydrogen-bond donors (Lipinski definition) is 2. The number of aromatic nitrogens is 1. The molecule has 0 spiro atoms.